The lowest BCUT2D eigenvalue weighted by Gasteiger charge is -2.08. The van der Waals surface area contributed by atoms with Gasteiger partial charge in [0.25, 0.3) is 0 Å². The molecule has 0 unspecified atom stereocenters. The number of carbonyl (C=O) groups is 1. The van der Waals surface area contributed by atoms with Crippen LogP contribution in [0.1, 0.15) is 16.1 Å². The van der Waals surface area contributed by atoms with Crippen molar-refractivity contribution in [3.63, 3.8) is 0 Å². The molecule has 4 nitrogen and oxygen atoms in total. The van der Waals surface area contributed by atoms with Gasteiger partial charge in [-0.15, -0.1) is 5.10 Å². The molecular formula is C16H12ClN3O. The van der Waals surface area contributed by atoms with E-state index in [2.05, 4.69) is 10.3 Å². The van der Waals surface area contributed by atoms with Crippen LogP contribution in [0.2, 0.25) is 5.02 Å². The third-order valence-electron chi connectivity index (χ3n) is 3.18. The molecule has 0 fully saturated rings. The molecule has 0 aliphatic rings. The third-order valence-corrected chi connectivity index (χ3v) is 3.51. The van der Waals surface area contributed by atoms with Crippen LogP contribution in [0.5, 0.6) is 0 Å². The van der Waals surface area contributed by atoms with Gasteiger partial charge in [-0.1, -0.05) is 65.3 Å². The molecule has 0 aliphatic carbocycles. The fourth-order valence-corrected chi connectivity index (χ4v) is 2.43. The predicted octanol–water partition coefficient (Wildman–Crippen LogP) is 3.46. The average Bonchev–Trinajstić information content (AvgIpc) is 2.91. The molecule has 104 valence electrons. The summed E-state index contributed by atoms with van der Waals surface area (Å²) in [7, 11) is 0. The van der Waals surface area contributed by atoms with E-state index in [1.54, 1.807) is 10.7 Å². The van der Waals surface area contributed by atoms with Gasteiger partial charge < -0.3 is 0 Å². The third kappa shape index (κ3) is 2.71. The number of aldehydes is 1. The molecule has 3 aromatic rings. The first-order valence-corrected chi connectivity index (χ1v) is 6.85. The molecule has 0 radical (unpaired) electrons. The molecule has 0 saturated carbocycles. The van der Waals surface area contributed by atoms with Gasteiger partial charge >= 0.3 is 0 Å². The van der Waals surface area contributed by atoms with Gasteiger partial charge in [0.15, 0.2) is 12.0 Å². The van der Waals surface area contributed by atoms with Gasteiger partial charge in [0.2, 0.25) is 0 Å². The maximum absolute atomic E-state index is 11.2. The van der Waals surface area contributed by atoms with Crippen LogP contribution in [0, 0.1) is 0 Å². The number of rotatable bonds is 4. The molecule has 0 saturated heterocycles. The summed E-state index contributed by atoms with van der Waals surface area (Å²) in [5.74, 6) is 0. The molecule has 0 bridgehead atoms. The van der Waals surface area contributed by atoms with Crippen LogP contribution in [0.25, 0.3) is 11.3 Å². The van der Waals surface area contributed by atoms with Crippen molar-refractivity contribution < 1.29 is 4.79 Å². The highest BCUT2D eigenvalue weighted by Gasteiger charge is 2.16. The molecule has 1 aromatic heterocycles. The van der Waals surface area contributed by atoms with Crippen molar-refractivity contribution in [2.45, 2.75) is 6.54 Å². The summed E-state index contributed by atoms with van der Waals surface area (Å²) in [6.07, 6.45) is 0.702. The molecule has 1 heterocycles. The fraction of sp³-hybridized carbons (Fsp3) is 0.0625. The molecule has 3 rings (SSSR count). The SMILES string of the molecule is O=Cc1nnn(Cc2ccccc2)c1-c1ccccc1Cl. The maximum Gasteiger partial charge on any atom is 0.172 e. The van der Waals surface area contributed by atoms with Crippen molar-refractivity contribution in [3.05, 3.63) is 70.9 Å². The van der Waals surface area contributed by atoms with Crippen molar-refractivity contribution in [2.24, 2.45) is 0 Å². The summed E-state index contributed by atoms with van der Waals surface area (Å²) in [6.45, 7) is 0.530. The Morgan fingerprint density at radius 1 is 1.05 bits per heavy atom. The topological polar surface area (TPSA) is 47.8 Å². The van der Waals surface area contributed by atoms with E-state index in [9.17, 15) is 4.79 Å². The van der Waals surface area contributed by atoms with Crippen molar-refractivity contribution in [2.75, 3.05) is 0 Å². The van der Waals surface area contributed by atoms with Crippen LogP contribution in [-0.4, -0.2) is 21.3 Å². The summed E-state index contributed by atoms with van der Waals surface area (Å²) >= 11 is 6.23. The Morgan fingerprint density at radius 3 is 2.48 bits per heavy atom. The second-order valence-corrected chi connectivity index (χ2v) is 4.97. The lowest BCUT2D eigenvalue weighted by molar-refractivity contribution is 0.111. The Balaban J connectivity index is 2.09. The zero-order valence-corrected chi connectivity index (χ0v) is 11.9. The van der Waals surface area contributed by atoms with E-state index in [0.29, 0.717) is 29.2 Å². The van der Waals surface area contributed by atoms with Crippen molar-refractivity contribution in [3.8, 4) is 11.3 Å². The number of hydrogen-bond acceptors (Lipinski definition) is 3. The molecule has 0 spiro atoms. The van der Waals surface area contributed by atoms with Gasteiger partial charge in [-0.3, -0.25) is 4.79 Å². The summed E-state index contributed by atoms with van der Waals surface area (Å²) in [6, 6.07) is 17.2. The number of aromatic nitrogens is 3. The monoisotopic (exact) mass is 297 g/mol. The van der Waals surface area contributed by atoms with Gasteiger partial charge in [0.1, 0.15) is 5.69 Å². The zero-order chi connectivity index (χ0) is 14.7. The molecule has 5 heteroatoms. The first kappa shape index (κ1) is 13.5. The molecule has 21 heavy (non-hydrogen) atoms. The average molecular weight is 298 g/mol. The van der Waals surface area contributed by atoms with E-state index in [1.165, 1.54) is 0 Å². The lowest BCUT2D eigenvalue weighted by Crippen LogP contribution is -2.04. The minimum Gasteiger partial charge on any atom is -0.296 e. The summed E-state index contributed by atoms with van der Waals surface area (Å²) < 4.78 is 1.69. The van der Waals surface area contributed by atoms with Gasteiger partial charge in [-0.05, 0) is 11.6 Å². The highest BCUT2D eigenvalue weighted by Crippen LogP contribution is 2.29. The smallest absolute Gasteiger partial charge is 0.172 e. The summed E-state index contributed by atoms with van der Waals surface area (Å²) in [4.78, 5) is 11.2. The van der Waals surface area contributed by atoms with Gasteiger partial charge in [-0.25, -0.2) is 4.68 Å². The van der Waals surface area contributed by atoms with Crippen LogP contribution in [0.15, 0.2) is 54.6 Å². The van der Waals surface area contributed by atoms with E-state index in [4.69, 9.17) is 11.6 Å². The van der Waals surface area contributed by atoms with E-state index >= 15 is 0 Å². The van der Waals surface area contributed by atoms with Crippen LogP contribution in [0.3, 0.4) is 0 Å². The van der Waals surface area contributed by atoms with Gasteiger partial charge in [-0.2, -0.15) is 0 Å². The first-order chi connectivity index (χ1) is 10.3. The van der Waals surface area contributed by atoms with Gasteiger partial charge in [0, 0.05) is 5.56 Å². The van der Waals surface area contributed by atoms with Crippen LogP contribution in [0.4, 0.5) is 0 Å². The van der Waals surface area contributed by atoms with E-state index in [-0.39, 0.29) is 0 Å². The van der Waals surface area contributed by atoms with Crippen molar-refractivity contribution >= 4 is 17.9 Å². The Labute approximate surface area is 127 Å². The second kappa shape index (κ2) is 5.89. The zero-order valence-electron chi connectivity index (χ0n) is 11.1. The summed E-state index contributed by atoms with van der Waals surface area (Å²) in [5, 5.41) is 8.58. The van der Waals surface area contributed by atoms with Crippen molar-refractivity contribution in [1.82, 2.24) is 15.0 Å². The number of hydrogen-bond donors (Lipinski definition) is 0. The minimum absolute atomic E-state index is 0.291. The second-order valence-electron chi connectivity index (χ2n) is 4.56. The van der Waals surface area contributed by atoms with Crippen LogP contribution in [-0.2, 0) is 6.54 Å². The number of carbonyl (C=O) groups excluding carboxylic acids is 1. The Kier molecular flexibility index (Phi) is 3.79. The molecule has 0 atom stereocenters. The van der Waals surface area contributed by atoms with Crippen LogP contribution >= 0.6 is 11.6 Å². The molecular weight excluding hydrogens is 286 g/mol. The minimum atomic E-state index is 0.291. The molecule has 0 amide bonds. The normalized spacial score (nSPS) is 10.5. The van der Waals surface area contributed by atoms with E-state index in [0.717, 1.165) is 11.1 Å². The van der Waals surface area contributed by atoms with E-state index < -0.39 is 0 Å². The quantitative estimate of drug-likeness (QED) is 0.693. The first-order valence-electron chi connectivity index (χ1n) is 6.47. The Bertz CT molecular complexity index is 768. The Morgan fingerprint density at radius 2 is 1.76 bits per heavy atom. The fourth-order valence-electron chi connectivity index (χ4n) is 2.20. The summed E-state index contributed by atoms with van der Waals surface area (Å²) in [5.41, 5.74) is 2.76. The standard InChI is InChI=1S/C16H12ClN3O/c17-14-9-5-4-8-13(14)16-15(11-21)18-19-20(16)10-12-6-2-1-3-7-12/h1-9,11H,10H2. The van der Waals surface area contributed by atoms with E-state index in [1.807, 2.05) is 48.5 Å². The lowest BCUT2D eigenvalue weighted by atomic mass is 10.1. The Hall–Kier alpha value is -2.46. The highest BCUT2D eigenvalue weighted by molar-refractivity contribution is 6.33. The number of nitrogens with zero attached hydrogens (tertiary/aromatic N) is 3. The molecule has 0 N–H and O–H groups in total. The van der Waals surface area contributed by atoms with Crippen molar-refractivity contribution in [1.29, 1.82) is 0 Å². The van der Waals surface area contributed by atoms with Gasteiger partial charge in [0.05, 0.1) is 11.6 Å². The number of halogens is 1. The molecule has 2 aromatic carbocycles. The number of benzene rings is 2. The molecule has 0 aliphatic heterocycles. The van der Waals surface area contributed by atoms with Crippen LogP contribution < -0.4 is 0 Å². The predicted molar refractivity (Wildman–Crippen MR) is 81.4 cm³/mol. The maximum atomic E-state index is 11.2. The largest absolute Gasteiger partial charge is 0.296 e. The highest BCUT2D eigenvalue weighted by atomic mass is 35.5.